The number of rotatable bonds is 5. The van der Waals surface area contributed by atoms with Gasteiger partial charge < -0.3 is 19.8 Å². The Morgan fingerprint density at radius 1 is 0.867 bits per heavy atom. The summed E-state index contributed by atoms with van der Waals surface area (Å²) in [7, 11) is 1.69. The predicted molar refractivity (Wildman–Crippen MR) is 110 cm³/mol. The molecule has 2 aromatic rings. The van der Waals surface area contributed by atoms with Gasteiger partial charge in [-0.15, -0.1) is 0 Å². The number of hydrogen-bond acceptors (Lipinski definition) is 5. The van der Waals surface area contributed by atoms with E-state index in [1.807, 2.05) is 47.4 Å². The van der Waals surface area contributed by atoms with E-state index in [1.54, 1.807) is 7.11 Å². The molecule has 0 saturated carbocycles. The lowest BCUT2D eigenvalue weighted by Crippen LogP contribution is -2.48. The van der Waals surface area contributed by atoms with Crippen molar-refractivity contribution in [1.82, 2.24) is 9.80 Å². The maximum atomic E-state index is 12.4. The van der Waals surface area contributed by atoms with Gasteiger partial charge in [0.2, 0.25) is 5.91 Å². The van der Waals surface area contributed by atoms with Crippen LogP contribution in [0.5, 0.6) is 5.75 Å². The lowest BCUT2D eigenvalue weighted by atomic mass is 10.1. The Kier molecular flexibility index (Phi) is 8.83. The first-order chi connectivity index (χ1) is 14.4. The molecule has 2 aromatic carbocycles. The Morgan fingerprint density at radius 3 is 2.03 bits per heavy atom. The smallest absolute Gasteiger partial charge is 0.414 e. The molecule has 0 radical (unpaired) electrons. The zero-order valence-electron chi connectivity index (χ0n) is 16.9. The van der Waals surface area contributed by atoms with Crippen molar-refractivity contribution >= 4 is 17.8 Å². The third kappa shape index (κ3) is 7.56. The summed E-state index contributed by atoms with van der Waals surface area (Å²) in [5.41, 5.74) is 2.33. The largest absolute Gasteiger partial charge is 0.497 e. The highest BCUT2D eigenvalue weighted by molar-refractivity contribution is 6.27. The summed E-state index contributed by atoms with van der Waals surface area (Å²) in [4.78, 5) is 35.0. The molecule has 160 valence electrons. The Labute approximate surface area is 175 Å². The molecule has 0 bridgehead atoms. The van der Waals surface area contributed by atoms with Gasteiger partial charge in [0, 0.05) is 32.7 Å². The summed E-state index contributed by atoms with van der Waals surface area (Å²) in [6, 6.07) is 18.1. The Bertz CT molecular complexity index is 836. The van der Waals surface area contributed by atoms with Crippen molar-refractivity contribution in [2.75, 3.05) is 33.3 Å². The average Bonchev–Trinajstić information content (AvgIpc) is 2.75. The molecule has 1 aliphatic heterocycles. The van der Waals surface area contributed by atoms with E-state index in [9.17, 15) is 4.79 Å². The van der Waals surface area contributed by atoms with Gasteiger partial charge >= 0.3 is 11.9 Å². The SMILES string of the molecule is COc1cccc(CN2CCN(C(=O)Cc3ccccc3)CC2)c1.O=C(O)C(=O)O. The number of benzene rings is 2. The summed E-state index contributed by atoms with van der Waals surface area (Å²) >= 11 is 0. The van der Waals surface area contributed by atoms with Crippen molar-refractivity contribution in [3.8, 4) is 5.75 Å². The standard InChI is InChI=1S/C20H24N2O2.C2H2O4/c1-24-19-9-5-8-18(14-19)16-21-10-12-22(13-11-21)20(23)15-17-6-3-2-4-7-17;3-1(4)2(5)6/h2-9,14H,10-13,15-16H2,1H3;(H,3,4)(H,5,6). The number of amides is 1. The van der Waals surface area contributed by atoms with Gasteiger partial charge in [0.1, 0.15) is 5.75 Å². The van der Waals surface area contributed by atoms with E-state index in [0.717, 1.165) is 44.0 Å². The normalized spacial score (nSPS) is 13.7. The van der Waals surface area contributed by atoms with Crippen LogP contribution in [0.2, 0.25) is 0 Å². The topological polar surface area (TPSA) is 107 Å². The average molecular weight is 414 g/mol. The molecule has 2 N–H and O–H groups in total. The summed E-state index contributed by atoms with van der Waals surface area (Å²) in [6.45, 7) is 4.33. The zero-order valence-corrected chi connectivity index (χ0v) is 16.9. The quantitative estimate of drug-likeness (QED) is 0.718. The lowest BCUT2D eigenvalue weighted by molar-refractivity contribution is -0.159. The highest BCUT2D eigenvalue weighted by Crippen LogP contribution is 2.15. The van der Waals surface area contributed by atoms with Crippen molar-refractivity contribution in [3.63, 3.8) is 0 Å². The van der Waals surface area contributed by atoms with E-state index in [4.69, 9.17) is 24.5 Å². The molecule has 1 fully saturated rings. The van der Waals surface area contributed by atoms with Crippen LogP contribution < -0.4 is 4.74 Å². The second kappa shape index (κ2) is 11.6. The highest BCUT2D eigenvalue weighted by Gasteiger charge is 2.21. The lowest BCUT2D eigenvalue weighted by Gasteiger charge is -2.35. The van der Waals surface area contributed by atoms with E-state index >= 15 is 0 Å². The number of carbonyl (C=O) groups excluding carboxylic acids is 1. The maximum Gasteiger partial charge on any atom is 0.414 e. The van der Waals surface area contributed by atoms with Gasteiger partial charge in [0.05, 0.1) is 13.5 Å². The van der Waals surface area contributed by atoms with E-state index in [1.165, 1.54) is 5.56 Å². The van der Waals surface area contributed by atoms with Crippen LogP contribution >= 0.6 is 0 Å². The van der Waals surface area contributed by atoms with Gasteiger partial charge in [-0.3, -0.25) is 9.69 Å². The summed E-state index contributed by atoms with van der Waals surface area (Å²) in [5, 5.41) is 14.8. The van der Waals surface area contributed by atoms with Crippen LogP contribution in [0.1, 0.15) is 11.1 Å². The molecular formula is C22H26N2O6. The van der Waals surface area contributed by atoms with Crippen LogP contribution in [0.4, 0.5) is 0 Å². The number of carboxylic acid groups (broad SMARTS) is 2. The second-order valence-corrected chi connectivity index (χ2v) is 6.78. The molecular weight excluding hydrogens is 388 g/mol. The number of nitrogens with zero attached hydrogens (tertiary/aromatic N) is 2. The number of ether oxygens (including phenoxy) is 1. The minimum atomic E-state index is -1.82. The Morgan fingerprint density at radius 2 is 1.47 bits per heavy atom. The third-order valence-electron chi connectivity index (χ3n) is 4.65. The molecule has 0 atom stereocenters. The maximum absolute atomic E-state index is 12.4. The van der Waals surface area contributed by atoms with Crippen LogP contribution in [0.25, 0.3) is 0 Å². The van der Waals surface area contributed by atoms with Gasteiger partial charge in [-0.05, 0) is 23.3 Å². The first-order valence-corrected chi connectivity index (χ1v) is 9.52. The number of carboxylic acids is 2. The number of piperazine rings is 1. The molecule has 1 aliphatic rings. The number of carbonyl (C=O) groups is 3. The van der Waals surface area contributed by atoms with Gasteiger partial charge in [-0.1, -0.05) is 42.5 Å². The molecule has 0 aliphatic carbocycles. The van der Waals surface area contributed by atoms with Gasteiger partial charge in [0.15, 0.2) is 0 Å². The minimum absolute atomic E-state index is 0.224. The first-order valence-electron chi connectivity index (χ1n) is 9.52. The minimum Gasteiger partial charge on any atom is -0.497 e. The fraction of sp³-hybridized carbons (Fsp3) is 0.318. The van der Waals surface area contributed by atoms with Crippen LogP contribution in [0, 0.1) is 0 Å². The molecule has 8 nitrogen and oxygen atoms in total. The van der Waals surface area contributed by atoms with Crippen LogP contribution in [0.3, 0.4) is 0 Å². The number of hydrogen-bond donors (Lipinski definition) is 2. The van der Waals surface area contributed by atoms with Crippen molar-refractivity contribution in [2.45, 2.75) is 13.0 Å². The molecule has 1 amide bonds. The molecule has 0 unspecified atom stereocenters. The molecule has 0 spiro atoms. The van der Waals surface area contributed by atoms with Crippen molar-refractivity contribution in [3.05, 3.63) is 65.7 Å². The zero-order chi connectivity index (χ0) is 21.9. The van der Waals surface area contributed by atoms with E-state index in [2.05, 4.69) is 17.0 Å². The van der Waals surface area contributed by atoms with Crippen LogP contribution in [-0.2, 0) is 27.3 Å². The van der Waals surface area contributed by atoms with Gasteiger partial charge in [-0.25, -0.2) is 9.59 Å². The highest BCUT2D eigenvalue weighted by atomic mass is 16.5. The number of aliphatic carboxylic acids is 2. The monoisotopic (exact) mass is 414 g/mol. The van der Waals surface area contributed by atoms with Crippen LogP contribution in [0.15, 0.2) is 54.6 Å². The Hall–Kier alpha value is -3.39. The fourth-order valence-corrected chi connectivity index (χ4v) is 3.07. The molecule has 1 heterocycles. The van der Waals surface area contributed by atoms with Gasteiger partial charge in [0.25, 0.3) is 0 Å². The van der Waals surface area contributed by atoms with E-state index in [0.29, 0.717) is 6.42 Å². The third-order valence-corrected chi connectivity index (χ3v) is 4.65. The predicted octanol–water partition coefficient (Wildman–Crippen LogP) is 1.74. The van der Waals surface area contributed by atoms with Crippen molar-refractivity contribution in [1.29, 1.82) is 0 Å². The van der Waals surface area contributed by atoms with E-state index < -0.39 is 11.9 Å². The number of methoxy groups -OCH3 is 1. The fourth-order valence-electron chi connectivity index (χ4n) is 3.07. The van der Waals surface area contributed by atoms with Crippen molar-refractivity contribution in [2.24, 2.45) is 0 Å². The van der Waals surface area contributed by atoms with Gasteiger partial charge in [-0.2, -0.15) is 0 Å². The molecule has 8 heteroatoms. The molecule has 30 heavy (non-hydrogen) atoms. The first kappa shape index (κ1) is 22.9. The summed E-state index contributed by atoms with van der Waals surface area (Å²) in [6.07, 6.45) is 0.497. The van der Waals surface area contributed by atoms with Crippen molar-refractivity contribution < 1.29 is 29.3 Å². The molecule has 0 aromatic heterocycles. The summed E-state index contributed by atoms with van der Waals surface area (Å²) in [5.74, 6) is -2.53. The Balaban J connectivity index is 0.000000469. The summed E-state index contributed by atoms with van der Waals surface area (Å²) < 4.78 is 5.28. The van der Waals surface area contributed by atoms with E-state index in [-0.39, 0.29) is 5.91 Å². The molecule has 3 rings (SSSR count). The second-order valence-electron chi connectivity index (χ2n) is 6.78. The van der Waals surface area contributed by atoms with Crippen LogP contribution in [-0.4, -0.2) is 71.1 Å². The molecule has 1 saturated heterocycles.